The standard InChI is InChI=1S/C17H22N2/c1-11-5-13(3)16(14(4)6-11)8-17(18)15-7-12(2)9-19-10-15/h5-7,9-10,17H,8,18H2,1-4H3. The van der Waals surface area contributed by atoms with E-state index in [9.17, 15) is 0 Å². The van der Waals surface area contributed by atoms with Crippen LogP contribution in [0.2, 0.25) is 0 Å². The predicted octanol–water partition coefficient (Wildman–Crippen LogP) is 3.56. The summed E-state index contributed by atoms with van der Waals surface area (Å²) in [6.07, 6.45) is 4.60. The average molecular weight is 254 g/mol. The number of aryl methyl sites for hydroxylation is 4. The van der Waals surface area contributed by atoms with Crippen LogP contribution in [0.1, 0.15) is 39.4 Å². The van der Waals surface area contributed by atoms with Crippen LogP contribution in [0.25, 0.3) is 0 Å². The molecular weight excluding hydrogens is 232 g/mol. The quantitative estimate of drug-likeness (QED) is 0.909. The number of pyridine rings is 1. The molecule has 0 amide bonds. The highest BCUT2D eigenvalue weighted by Gasteiger charge is 2.11. The highest BCUT2D eigenvalue weighted by molar-refractivity contribution is 5.38. The van der Waals surface area contributed by atoms with Gasteiger partial charge in [-0.1, -0.05) is 23.8 Å². The Labute approximate surface area is 115 Å². The Kier molecular flexibility index (Phi) is 4.01. The molecule has 1 aromatic carbocycles. The summed E-state index contributed by atoms with van der Waals surface area (Å²) in [6, 6.07) is 6.58. The van der Waals surface area contributed by atoms with E-state index in [1.807, 2.05) is 19.3 Å². The fraction of sp³-hybridized carbons (Fsp3) is 0.353. The van der Waals surface area contributed by atoms with Crippen molar-refractivity contribution < 1.29 is 0 Å². The number of aromatic nitrogens is 1. The SMILES string of the molecule is Cc1cncc(C(N)Cc2c(C)cc(C)cc2C)c1. The Hall–Kier alpha value is -1.67. The highest BCUT2D eigenvalue weighted by Crippen LogP contribution is 2.22. The van der Waals surface area contributed by atoms with Crippen molar-refractivity contribution >= 4 is 0 Å². The first-order valence-electron chi connectivity index (χ1n) is 6.71. The van der Waals surface area contributed by atoms with Crippen molar-refractivity contribution in [3.63, 3.8) is 0 Å². The lowest BCUT2D eigenvalue weighted by atomic mass is 9.92. The summed E-state index contributed by atoms with van der Waals surface area (Å²) >= 11 is 0. The molecule has 0 radical (unpaired) electrons. The number of rotatable bonds is 3. The fourth-order valence-corrected chi connectivity index (χ4v) is 2.65. The third kappa shape index (κ3) is 3.21. The molecule has 2 nitrogen and oxygen atoms in total. The van der Waals surface area contributed by atoms with Crippen LogP contribution in [0, 0.1) is 27.7 Å². The summed E-state index contributed by atoms with van der Waals surface area (Å²) in [4.78, 5) is 4.23. The summed E-state index contributed by atoms with van der Waals surface area (Å²) in [7, 11) is 0. The Bertz CT molecular complexity index is 565. The van der Waals surface area contributed by atoms with Crippen molar-refractivity contribution in [3.8, 4) is 0 Å². The number of hydrogen-bond donors (Lipinski definition) is 1. The third-order valence-corrected chi connectivity index (χ3v) is 3.59. The minimum atomic E-state index is 0.00695. The van der Waals surface area contributed by atoms with Crippen molar-refractivity contribution in [1.29, 1.82) is 0 Å². The van der Waals surface area contributed by atoms with Gasteiger partial charge in [-0.25, -0.2) is 0 Å². The number of nitrogens with two attached hydrogens (primary N) is 1. The van der Waals surface area contributed by atoms with Crippen molar-refractivity contribution in [3.05, 3.63) is 64.0 Å². The molecule has 1 atom stereocenters. The van der Waals surface area contributed by atoms with E-state index in [1.54, 1.807) is 0 Å². The smallest absolute Gasteiger partial charge is 0.0351 e. The van der Waals surface area contributed by atoms with Crippen LogP contribution in [0.5, 0.6) is 0 Å². The molecule has 2 N–H and O–H groups in total. The molecule has 100 valence electrons. The van der Waals surface area contributed by atoms with Gasteiger partial charge in [0.15, 0.2) is 0 Å². The molecule has 0 aliphatic carbocycles. The Morgan fingerprint density at radius 3 is 2.16 bits per heavy atom. The van der Waals surface area contributed by atoms with E-state index in [2.05, 4.69) is 44.0 Å². The summed E-state index contributed by atoms with van der Waals surface area (Å²) in [5.74, 6) is 0. The molecule has 0 aliphatic rings. The molecule has 0 spiro atoms. The lowest BCUT2D eigenvalue weighted by molar-refractivity contribution is 0.710. The van der Waals surface area contributed by atoms with Crippen LogP contribution in [0.15, 0.2) is 30.6 Å². The molecule has 1 unspecified atom stereocenters. The van der Waals surface area contributed by atoms with E-state index in [0.717, 1.165) is 17.5 Å². The molecule has 0 saturated heterocycles. The molecule has 0 aliphatic heterocycles. The molecule has 0 saturated carbocycles. The van der Waals surface area contributed by atoms with Crippen LogP contribution in [-0.4, -0.2) is 4.98 Å². The van der Waals surface area contributed by atoms with Crippen molar-refractivity contribution in [2.45, 2.75) is 40.2 Å². The number of hydrogen-bond acceptors (Lipinski definition) is 2. The second-order valence-electron chi connectivity index (χ2n) is 5.48. The monoisotopic (exact) mass is 254 g/mol. The summed E-state index contributed by atoms with van der Waals surface area (Å²) in [5, 5.41) is 0. The van der Waals surface area contributed by atoms with Crippen LogP contribution < -0.4 is 5.73 Å². The van der Waals surface area contributed by atoms with Gasteiger partial charge in [0, 0.05) is 18.4 Å². The molecule has 0 fully saturated rings. The van der Waals surface area contributed by atoms with Crippen molar-refractivity contribution in [2.24, 2.45) is 5.73 Å². The second-order valence-corrected chi connectivity index (χ2v) is 5.48. The molecule has 19 heavy (non-hydrogen) atoms. The molecule has 2 heteroatoms. The second kappa shape index (κ2) is 5.54. The first-order valence-corrected chi connectivity index (χ1v) is 6.71. The van der Waals surface area contributed by atoms with Crippen molar-refractivity contribution in [1.82, 2.24) is 4.98 Å². The van der Waals surface area contributed by atoms with Crippen LogP contribution >= 0.6 is 0 Å². The Morgan fingerprint density at radius 2 is 1.58 bits per heavy atom. The Balaban J connectivity index is 2.26. The zero-order chi connectivity index (χ0) is 14.0. The first kappa shape index (κ1) is 13.8. The van der Waals surface area contributed by atoms with Gasteiger partial charge < -0.3 is 5.73 Å². The van der Waals surface area contributed by atoms with Gasteiger partial charge in [-0.2, -0.15) is 0 Å². The lowest BCUT2D eigenvalue weighted by Gasteiger charge is -2.17. The minimum absolute atomic E-state index is 0.00695. The maximum atomic E-state index is 6.33. The van der Waals surface area contributed by atoms with Gasteiger partial charge in [0.05, 0.1) is 0 Å². The average Bonchev–Trinajstić information content (AvgIpc) is 2.33. The first-order chi connectivity index (χ1) is 8.97. The van der Waals surface area contributed by atoms with Crippen molar-refractivity contribution in [2.75, 3.05) is 0 Å². The minimum Gasteiger partial charge on any atom is -0.324 e. The molecule has 0 bridgehead atoms. The van der Waals surface area contributed by atoms with E-state index >= 15 is 0 Å². The summed E-state index contributed by atoms with van der Waals surface area (Å²) in [6.45, 7) is 8.51. The zero-order valence-electron chi connectivity index (χ0n) is 12.2. The maximum Gasteiger partial charge on any atom is 0.0351 e. The Morgan fingerprint density at radius 1 is 0.947 bits per heavy atom. The van der Waals surface area contributed by atoms with Gasteiger partial charge >= 0.3 is 0 Å². The van der Waals surface area contributed by atoms with Gasteiger partial charge in [0.25, 0.3) is 0 Å². The van der Waals surface area contributed by atoms with E-state index in [4.69, 9.17) is 5.73 Å². The number of benzene rings is 1. The maximum absolute atomic E-state index is 6.33. The third-order valence-electron chi connectivity index (χ3n) is 3.59. The molecule has 2 aromatic rings. The van der Waals surface area contributed by atoms with Gasteiger partial charge in [0.1, 0.15) is 0 Å². The van der Waals surface area contributed by atoms with Gasteiger partial charge in [-0.3, -0.25) is 4.98 Å². The summed E-state index contributed by atoms with van der Waals surface area (Å²) < 4.78 is 0. The van der Waals surface area contributed by atoms with E-state index < -0.39 is 0 Å². The normalized spacial score (nSPS) is 12.5. The molecule has 2 rings (SSSR count). The highest BCUT2D eigenvalue weighted by atomic mass is 14.7. The van der Waals surface area contributed by atoms with Crippen LogP contribution in [0.3, 0.4) is 0 Å². The van der Waals surface area contributed by atoms with Gasteiger partial charge in [-0.05, 0) is 61.9 Å². The fourth-order valence-electron chi connectivity index (χ4n) is 2.65. The molecule has 1 heterocycles. The van der Waals surface area contributed by atoms with E-state index in [1.165, 1.54) is 22.3 Å². The largest absolute Gasteiger partial charge is 0.324 e. The zero-order valence-corrected chi connectivity index (χ0v) is 12.2. The van der Waals surface area contributed by atoms with Crippen LogP contribution in [-0.2, 0) is 6.42 Å². The van der Waals surface area contributed by atoms with Gasteiger partial charge in [0.2, 0.25) is 0 Å². The lowest BCUT2D eigenvalue weighted by Crippen LogP contribution is -2.15. The molecular formula is C17H22N2. The summed E-state index contributed by atoms with van der Waals surface area (Å²) in [5.41, 5.74) is 13.9. The van der Waals surface area contributed by atoms with E-state index in [-0.39, 0.29) is 6.04 Å². The van der Waals surface area contributed by atoms with Crippen LogP contribution in [0.4, 0.5) is 0 Å². The predicted molar refractivity (Wildman–Crippen MR) is 80.3 cm³/mol. The number of nitrogens with zero attached hydrogens (tertiary/aromatic N) is 1. The molecule has 1 aromatic heterocycles. The van der Waals surface area contributed by atoms with E-state index in [0.29, 0.717) is 0 Å². The van der Waals surface area contributed by atoms with Gasteiger partial charge in [-0.15, -0.1) is 0 Å². The topological polar surface area (TPSA) is 38.9 Å².